The van der Waals surface area contributed by atoms with Crippen molar-refractivity contribution in [2.75, 3.05) is 4.90 Å². The lowest BCUT2D eigenvalue weighted by Crippen LogP contribution is -2.35. The van der Waals surface area contributed by atoms with Crippen LogP contribution in [-0.2, 0) is 18.5 Å². The fraction of sp³-hybridized carbons (Fsp3) is 0.0704. The van der Waals surface area contributed by atoms with Crippen LogP contribution in [0.15, 0.2) is 243 Å². The van der Waals surface area contributed by atoms with Crippen molar-refractivity contribution < 1.29 is 0 Å². The molecule has 0 saturated heterocycles. The molecular weight excluding hydrogens is 881 g/mol. The van der Waals surface area contributed by atoms with Gasteiger partial charge in [-0.2, -0.15) is 0 Å². The van der Waals surface area contributed by atoms with Crippen LogP contribution in [0.25, 0.3) is 111 Å². The van der Waals surface area contributed by atoms with Crippen molar-refractivity contribution in [2.24, 2.45) is 0 Å². The fourth-order valence-electron chi connectivity index (χ4n) is 12.7. The molecule has 3 aliphatic heterocycles. The number of benzene rings is 11. The third-order valence-electron chi connectivity index (χ3n) is 16.4. The van der Waals surface area contributed by atoms with E-state index in [1.165, 1.54) is 144 Å². The zero-order valence-electron chi connectivity index (χ0n) is 40.9. The minimum Gasteiger partial charge on any atom is -0.336 e. The van der Waals surface area contributed by atoms with E-state index in [-0.39, 0.29) is 5.41 Å². The predicted molar refractivity (Wildman–Crippen MR) is 306 cm³/mol. The van der Waals surface area contributed by atoms with Crippen LogP contribution < -0.4 is 4.90 Å². The molecule has 0 unspecified atom stereocenters. The first kappa shape index (κ1) is 41.8. The maximum absolute atomic E-state index is 2.58. The van der Waals surface area contributed by atoms with Gasteiger partial charge in [-0.1, -0.05) is 190 Å². The first-order chi connectivity index (χ1) is 35.9. The van der Waals surface area contributed by atoms with Gasteiger partial charge in [0.1, 0.15) is 0 Å². The molecule has 12 aromatic rings. The number of rotatable bonds is 6. The smallest absolute Gasteiger partial charge is 0.0574 e. The molecule has 73 heavy (non-hydrogen) atoms. The summed E-state index contributed by atoms with van der Waals surface area (Å²) in [6, 6.07) is 90.9. The fourth-order valence-corrected chi connectivity index (χ4v) is 12.7. The van der Waals surface area contributed by atoms with Gasteiger partial charge in [-0.15, -0.1) is 0 Å². The Bertz CT molecular complexity index is 4210. The third-order valence-corrected chi connectivity index (χ3v) is 16.4. The lowest BCUT2D eigenvalue weighted by atomic mass is 9.70. The molecule has 0 amide bonds. The van der Waals surface area contributed by atoms with Crippen molar-refractivity contribution in [3.63, 3.8) is 0 Å². The number of aromatic nitrogens is 1. The van der Waals surface area contributed by atoms with E-state index in [1.54, 1.807) is 0 Å². The molecule has 0 fully saturated rings. The van der Waals surface area contributed by atoms with E-state index in [0.717, 1.165) is 13.1 Å². The summed E-state index contributed by atoms with van der Waals surface area (Å²) >= 11 is 0. The molecule has 0 N–H and O–H groups in total. The molecule has 2 heteroatoms. The molecule has 0 bridgehead atoms. The Balaban J connectivity index is 0.828. The summed E-state index contributed by atoms with van der Waals surface area (Å²) < 4.78 is 2.55. The molecule has 3 aliphatic rings. The minimum absolute atomic E-state index is 0.235. The maximum Gasteiger partial charge on any atom is 0.0574 e. The molecule has 0 aliphatic carbocycles. The molecular formula is C71H50N2. The third kappa shape index (κ3) is 6.57. The zero-order chi connectivity index (χ0) is 48.4. The summed E-state index contributed by atoms with van der Waals surface area (Å²) in [4.78, 5) is 2.58. The summed E-state index contributed by atoms with van der Waals surface area (Å²) in [5, 5.41) is 2.60. The Morgan fingerprint density at radius 3 is 1.49 bits per heavy atom. The summed E-state index contributed by atoms with van der Waals surface area (Å²) in [5.41, 5.74) is 30.4. The van der Waals surface area contributed by atoms with E-state index >= 15 is 0 Å². The first-order valence-corrected chi connectivity index (χ1v) is 25.7. The first-order valence-electron chi connectivity index (χ1n) is 25.7. The minimum atomic E-state index is -0.235. The highest BCUT2D eigenvalue weighted by atomic mass is 15.2. The van der Waals surface area contributed by atoms with Crippen LogP contribution in [0.2, 0.25) is 0 Å². The van der Waals surface area contributed by atoms with Gasteiger partial charge in [0.2, 0.25) is 0 Å². The van der Waals surface area contributed by atoms with Crippen LogP contribution in [-0.4, -0.2) is 4.57 Å². The van der Waals surface area contributed by atoms with Crippen molar-refractivity contribution in [3.8, 4) is 89.0 Å². The lowest BCUT2D eigenvalue weighted by Gasteiger charge is -2.46. The summed E-state index contributed by atoms with van der Waals surface area (Å²) in [6.07, 6.45) is 0. The van der Waals surface area contributed by atoms with Gasteiger partial charge in [-0.05, 0) is 167 Å². The number of fused-ring (bicyclic) bond motifs is 9. The van der Waals surface area contributed by atoms with Gasteiger partial charge in [-0.25, -0.2) is 0 Å². The van der Waals surface area contributed by atoms with Crippen molar-refractivity contribution in [1.82, 2.24) is 4.57 Å². The van der Waals surface area contributed by atoms with Crippen molar-refractivity contribution >= 4 is 33.2 Å². The molecule has 15 rings (SSSR count). The number of nitrogens with zero attached hydrogens (tertiary/aromatic N) is 2. The second-order valence-electron chi connectivity index (χ2n) is 20.9. The summed E-state index contributed by atoms with van der Waals surface area (Å²) in [7, 11) is 0. The molecule has 0 atom stereocenters. The molecule has 0 saturated carbocycles. The molecule has 4 heterocycles. The molecule has 0 radical (unpaired) electrons. The monoisotopic (exact) mass is 930 g/mol. The van der Waals surface area contributed by atoms with Gasteiger partial charge in [0.25, 0.3) is 0 Å². The standard InChI is InChI=1S/C71H50N2/c1-71(2)65-41-54(46-18-8-4-9-19-46)31-33-68(65)73-43-55-22-12-13-27-59(55)62-40-58(42-66(71)70(62)73)51-26-15-24-49(35-51)48-23-14-25-50(34-48)53-28-29-56-44-72-67-32-30-52(45-16-6-3-7-17-45)37-61(67)64-39-57(47-20-10-5-11-21-47)38-63(69(64)72)60(56)36-53/h3-42H,43-44H2,1-2H3. The number of hydrogen-bond donors (Lipinski definition) is 0. The Morgan fingerprint density at radius 1 is 0.315 bits per heavy atom. The normalized spacial score (nSPS) is 13.6. The lowest BCUT2D eigenvalue weighted by molar-refractivity contribution is 0.623. The van der Waals surface area contributed by atoms with Crippen molar-refractivity contribution in [2.45, 2.75) is 32.4 Å². The second-order valence-corrected chi connectivity index (χ2v) is 20.9. The van der Waals surface area contributed by atoms with Crippen LogP contribution in [0, 0.1) is 0 Å². The Kier molecular flexibility index (Phi) is 9.16. The SMILES string of the molecule is CC1(C)c2cc(-c3ccccc3)ccc2N2Cc3ccccc3-c3cc(-c4cccc(-c5cccc(-c6ccc7c(c6)-c6cc(-c8ccccc8)cc8c9cc(-c%10ccccc%10)ccc9n(c68)C7)c5)c4)cc1c32. The van der Waals surface area contributed by atoms with Crippen molar-refractivity contribution in [1.29, 1.82) is 0 Å². The Labute approximate surface area is 426 Å². The largest absolute Gasteiger partial charge is 0.336 e. The summed E-state index contributed by atoms with van der Waals surface area (Å²) in [5.74, 6) is 0. The maximum atomic E-state index is 2.58. The molecule has 0 spiro atoms. The average molecular weight is 931 g/mol. The van der Waals surface area contributed by atoms with E-state index in [4.69, 9.17) is 0 Å². The van der Waals surface area contributed by atoms with Gasteiger partial charge in [0.05, 0.1) is 11.2 Å². The highest BCUT2D eigenvalue weighted by Gasteiger charge is 2.40. The van der Waals surface area contributed by atoms with Crippen LogP contribution in [0.4, 0.5) is 11.4 Å². The predicted octanol–water partition coefficient (Wildman–Crippen LogP) is 18.8. The van der Waals surface area contributed by atoms with Gasteiger partial charge >= 0.3 is 0 Å². The van der Waals surface area contributed by atoms with E-state index in [0.29, 0.717) is 0 Å². The van der Waals surface area contributed by atoms with Crippen LogP contribution in [0.5, 0.6) is 0 Å². The topological polar surface area (TPSA) is 8.17 Å². The molecule has 344 valence electrons. The highest BCUT2D eigenvalue weighted by Crippen LogP contribution is 2.57. The van der Waals surface area contributed by atoms with Gasteiger partial charge in [0, 0.05) is 51.6 Å². The van der Waals surface area contributed by atoms with Gasteiger partial charge < -0.3 is 9.47 Å². The van der Waals surface area contributed by atoms with Crippen molar-refractivity contribution in [3.05, 3.63) is 265 Å². The average Bonchev–Trinajstić information content (AvgIpc) is 3.77. The molecule has 1 aromatic heterocycles. The van der Waals surface area contributed by atoms with Gasteiger partial charge in [-0.3, -0.25) is 0 Å². The second kappa shape index (κ2) is 16.0. The number of anilines is 2. The van der Waals surface area contributed by atoms with Crippen LogP contribution >= 0.6 is 0 Å². The number of hydrogen-bond acceptors (Lipinski definition) is 1. The van der Waals surface area contributed by atoms with E-state index in [9.17, 15) is 0 Å². The quantitative estimate of drug-likeness (QED) is 0.161. The summed E-state index contributed by atoms with van der Waals surface area (Å²) in [6.45, 7) is 6.52. The van der Waals surface area contributed by atoms with E-state index in [1.807, 2.05) is 0 Å². The van der Waals surface area contributed by atoms with E-state index in [2.05, 4.69) is 266 Å². The molecule has 2 nitrogen and oxygen atoms in total. The van der Waals surface area contributed by atoms with Crippen LogP contribution in [0.3, 0.4) is 0 Å². The molecule has 11 aromatic carbocycles. The van der Waals surface area contributed by atoms with Crippen LogP contribution in [0.1, 0.15) is 36.1 Å². The van der Waals surface area contributed by atoms with Gasteiger partial charge in [0.15, 0.2) is 0 Å². The highest BCUT2D eigenvalue weighted by molar-refractivity contribution is 6.16. The zero-order valence-corrected chi connectivity index (χ0v) is 40.9. The Hall–Kier alpha value is -8.98. The van der Waals surface area contributed by atoms with E-state index < -0.39 is 0 Å². The Morgan fingerprint density at radius 2 is 0.795 bits per heavy atom.